The number of nitrogens with one attached hydrogen (secondary N) is 1. The van der Waals surface area contributed by atoms with Gasteiger partial charge >= 0.3 is 0 Å². The van der Waals surface area contributed by atoms with Crippen LogP contribution in [0.5, 0.6) is 0 Å². The third-order valence-electron chi connectivity index (χ3n) is 5.10. The molecule has 0 radical (unpaired) electrons. The molecule has 29 heavy (non-hydrogen) atoms. The molecule has 0 spiro atoms. The van der Waals surface area contributed by atoms with Crippen LogP contribution in [-0.4, -0.2) is 26.4 Å². The molecular weight excluding hydrogens is 400 g/mol. The molecule has 1 aliphatic carbocycles. The fourth-order valence-corrected chi connectivity index (χ4v) is 5.64. The highest BCUT2D eigenvalue weighted by molar-refractivity contribution is 7.99. The lowest BCUT2D eigenvalue weighted by Crippen LogP contribution is -2.14. The van der Waals surface area contributed by atoms with E-state index in [0.717, 1.165) is 41.6 Å². The zero-order valence-corrected chi connectivity index (χ0v) is 18.5. The molecule has 1 amide bonds. The second-order valence-corrected chi connectivity index (χ2v) is 9.33. The highest BCUT2D eigenvalue weighted by Gasteiger charge is 2.22. The van der Waals surface area contributed by atoms with Gasteiger partial charge in [0.05, 0.1) is 5.75 Å². The van der Waals surface area contributed by atoms with E-state index in [9.17, 15) is 4.79 Å². The van der Waals surface area contributed by atoms with Crippen LogP contribution in [0.4, 0.5) is 5.69 Å². The van der Waals surface area contributed by atoms with Gasteiger partial charge in [0, 0.05) is 28.1 Å². The highest BCUT2D eigenvalue weighted by Crippen LogP contribution is 2.36. The fourth-order valence-electron chi connectivity index (χ4n) is 3.75. The Bertz CT molecular complexity index is 1010. The number of nitrogens with zero attached hydrogens (tertiary/aromatic N) is 3. The summed E-state index contributed by atoms with van der Waals surface area (Å²) in [7, 11) is 0. The Hall–Kier alpha value is -2.12. The van der Waals surface area contributed by atoms with Gasteiger partial charge in [0.1, 0.15) is 0 Å². The molecule has 0 bridgehead atoms. The van der Waals surface area contributed by atoms with Gasteiger partial charge in [-0.05, 0) is 62.3 Å². The van der Waals surface area contributed by atoms with Crippen molar-refractivity contribution in [3.63, 3.8) is 0 Å². The largest absolute Gasteiger partial charge is 0.325 e. The Labute approximate surface area is 179 Å². The lowest BCUT2D eigenvalue weighted by atomic mass is 9.95. The molecule has 1 aliphatic rings. The molecule has 5 nitrogen and oxygen atoms in total. The zero-order valence-electron chi connectivity index (χ0n) is 16.9. The summed E-state index contributed by atoms with van der Waals surface area (Å²) < 4.78 is 2.18. The van der Waals surface area contributed by atoms with E-state index in [1.165, 1.54) is 47.0 Å². The molecule has 0 unspecified atom stereocenters. The average molecular weight is 427 g/mol. The van der Waals surface area contributed by atoms with Gasteiger partial charge in [0.15, 0.2) is 11.0 Å². The maximum absolute atomic E-state index is 12.4. The number of hydrogen-bond donors (Lipinski definition) is 1. The maximum Gasteiger partial charge on any atom is 0.234 e. The third kappa shape index (κ3) is 4.56. The van der Waals surface area contributed by atoms with Gasteiger partial charge < -0.3 is 9.88 Å². The summed E-state index contributed by atoms with van der Waals surface area (Å²) >= 11 is 3.31. The topological polar surface area (TPSA) is 59.8 Å². The number of carbonyl (C=O) groups excluding carboxylic acids is 1. The second-order valence-electron chi connectivity index (χ2n) is 7.42. The Morgan fingerprint density at radius 1 is 1.28 bits per heavy atom. The average Bonchev–Trinajstić information content (AvgIpc) is 3.30. The number of aromatic nitrogens is 3. The normalized spacial score (nSPS) is 13.3. The number of amides is 1. The number of benzene rings is 1. The van der Waals surface area contributed by atoms with Gasteiger partial charge in [0.2, 0.25) is 5.91 Å². The molecule has 1 N–H and O–H groups in total. The minimum Gasteiger partial charge on any atom is -0.325 e. The van der Waals surface area contributed by atoms with Crippen molar-refractivity contribution in [1.29, 1.82) is 0 Å². The number of carbonyl (C=O) groups is 1. The van der Waals surface area contributed by atoms with Crippen molar-refractivity contribution in [2.75, 3.05) is 11.1 Å². The van der Waals surface area contributed by atoms with E-state index in [4.69, 9.17) is 0 Å². The first-order chi connectivity index (χ1) is 14.2. The van der Waals surface area contributed by atoms with Crippen LogP contribution in [0, 0.1) is 6.92 Å². The van der Waals surface area contributed by atoms with Gasteiger partial charge in [0.25, 0.3) is 0 Å². The Balaban J connectivity index is 1.49. The predicted molar refractivity (Wildman–Crippen MR) is 121 cm³/mol. The Morgan fingerprint density at radius 3 is 2.97 bits per heavy atom. The molecule has 2 heterocycles. The number of rotatable bonds is 7. The van der Waals surface area contributed by atoms with Gasteiger partial charge in [-0.25, -0.2) is 0 Å². The molecule has 0 saturated carbocycles. The number of fused-ring (bicyclic) bond motifs is 1. The summed E-state index contributed by atoms with van der Waals surface area (Å²) in [5, 5.41) is 15.0. The molecule has 0 atom stereocenters. The van der Waals surface area contributed by atoms with E-state index in [1.807, 2.05) is 42.5 Å². The van der Waals surface area contributed by atoms with Crippen LogP contribution >= 0.6 is 23.1 Å². The van der Waals surface area contributed by atoms with E-state index >= 15 is 0 Å². The van der Waals surface area contributed by atoms with Crippen molar-refractivity contribution in [3.8, 4) is 11.4 Å². The lowest BCUT2D eigenvalue weighted by Gasteiger charge is -2.13. The SMILES string of the molecule is CCCn1c(SCC(=O)Nc2cccc(C)c2)nnc1-c1csc2c1CCCC2. The number of thioether (sulfide) groups is 1. The second kappa shape index (κ2) is 9.13. The molecule has 0 saturated heterocycles. The maximum atomic E-state index is 12.4. The van der Waals surface area contributed by atoms with Crippen molar-refractivity contribution in [2.24, 2.45) is 0 Å². The Kier molecular flexibility index (Phi) is 6.35. The summed E-state index contributed by atoms with van der Waals surface area (Å²) in [6.45, 7) is 5.03. The predicted octanol–water partition coefficient (Wildman–Crippen LogP) is 5.33. The first kappa shape index (κ1) is 20.2. The van der Waals surface area contributed by atoms with Crippen molar-refractivity contribution in [1.82, 2.24) is 14.8 Å². The smallest absolute Gasteiger partial charge is 0.234 e. The van der Waals surface area contributed by atoms with E-state index < -0.39 is 0 Å². The Morgan fingerprint density at radius 2 is 2.14 bits per heavy atom. The van der Waals surface area contributed by atoms with Crippen molar-refractivity contribution < 1.29 is 4.79 Å². The summed E-state index contributed by atoms with van der Waals surface area (Å²) in [5.41, 5.74) is 4.65. The quantitative estimate of drug-likeness (QED) is 0.519. The van der Waals surface area contributed by atoms with Gasteiger partial charge in [-0.3, -0.25) is 4.79 Å². The van der Waals surface area contributed by atoms with Crippen LogP contribution in [0.1, 0.15) is 42.2 Å². The zero-order chi connectivity index (χ0) is 20.2. The van der Waals surface area contributed by atoms with Crippen LogP contribution in [0.3, 0.4) is 0 Å². The van der Waals surface area contributed by atoms with E-state index in [1.54, 1.807) is 0 Å². The number of anilines is 1. The monoisotopic (exact) mass is 426 g/mol. The van der Waals surface area contributed by atoms with E-state index in [0.29, 0.717) is 5.75 Å². The first-order valence-electron chi connectivity index (χ1n) is 10.2. The number of hydrogen-bond acceptors (Lipinski definition) is 5. The van der Waals surface area contributed by atoms with Crippen LogP contribution in [0.15, 0.2) is 34.8 Å². The molecule has 3 aromatic rings. The standard InChI is InChI=1S/C22H26N4OS2/c1-3-11-26-21(18-13-28-19-10-5-4-9-17(18)19)24-25-22(26)29-14-20(27)23-16-8-6-7-15(2)12-16/h6-8,12-13H,3-5,9-11,14H2,1-2H3,(H,23,27). The van der Waals surface area contributed by atoms with Gasteiger partial charge in [-0.1, -0.05) is 30.8 Å². The summed E-state index contributed by atoms with van der Waals surface area (Å²) in [6, 6.07) is 7.85. The summed E-state index contributed by atoms with van der Waals surface area (Å²) in [6.07, 6.45) is 5.85. The third-order valence-corrected chi connectivity index (χ3v) is 7.16. The van der Waals surface area contributed by atoms with Crippen LogP contribution in [-0.2, 0) is 24.2 Å². The molecule has 0 fully saturated rings. The fraction of sp³-hybridized carbons (Fsp3) is 0.409. The minimum absolute atomic E-state index is 0.0267. The van der Waals surface area contributed by atoms with E-state index in [-0.39, 0.29) is 5.91 Å². The van der Waals surface area contributed by atoms with Crippen LogP contribution < -0.4 is 5.32 Å². The minimum atomic E-state index is -0.0267. The summed E-state index contributed by atoms with van der Waals surface area (Å²) in [4.78, 5) is 13.9. The molecule has 152 valence electrons. The van der Waals surface area contributed by atoms with Gasteiger partial charge in [-0.2, -0.15) is 0 Å². The van der Waals surface area contributed by atoms with Crippen LogP contribution in [0.2, 0.25) is 0 Å². The number of aryl methyl sites for hydroxylation is 2. The molecular formula is C22H26N4OS2. The number of thiophene rings is 1. The first-order valence-corrected chi connectivity index (χ1v) is 12.0. The van der Waals surface area contributed by atoms with Crippen molar-refractivity contribution in [3.05, 3.63) is 45.6 Å². The van der Waals surface area contributed by atoms with Crippen LogP contribution in [0.25, 0.3) is 11.4 Å². The molecule has 0 aliphatic heterocycles. The van der Waals surface area contributed by atoms with E-state index in [2.05, 4.69) is 32.4 Å². The molecule has 1 aromatic carbocycles. The van der Waals surface area contributed by atoms with Crippen molar-refractivity contribution >= 4 is 34.7 Å². The molecule has 2 aromatic heterocycles. The highest BCUT2D eigenvalue weighted by atomic mass is 32.2. The summed E-state index contributed by atoms with van der Waals surface area (Å²) in [5.74, 6) is 1.24. The van der Waals surface area contributed by atoms with Gasteiger partial charge in [-0.15, -0.1) is 21.5 Å². The van der Waals surface area contributed by atoms with Crippen molar-refractivity contribution in [2.45, 2.75) is 57.7 Å². The molecule has 4 rings (SSSR count). The lowest BCUT2D eigenvalue weighted by molar-refractivity contribution is -0.113. The molecule has 7 heteroatoms.